The first-order valence-electron chi connectivity index (χ1n) is 7.16. The van der Waals surface area contributed by atoms with E-state index >= 15 is 0 Å². The number of nitrogens with two attached hydrogens (primary N) is 1. The fourth-order valence-electron chi connectivity index (χ4n) is 3.22. The number of nitrogens with zero attached hydrogens (tertiary/aromatic N) is 1. The molecule has 2 rings (SSSR count). The maximum atomic E-state index is 6.15. The molecular formula is C14H28N2O. The third-order valence-corrected chi connectivity index (χ3v) is 4.42. The zero-order valence-electron chi connectivity index (χ0n) is 11.6. The molecule has 100 valence electrons. The van der Waals surface area contributed by atoms with Gasteiger partial charge in [0.25, 0.3) is 0 Å². The molecule has 2 heterocycles. The van der Waals surface area contributed by atoms with Gasteiger partial charge in [0.05, 0.1) is 11.7 Å². The summed E-state index contributed by atoms with van der Waals surface area (Å²) >= 11 is 0. The van der Waals surface area contributed by atoms with Gasteiger partial charge in [0.2, 0.25) is 0 Å². The van der Waals surface area contributed by atoms with Crippen molar-refractivity contribution in [1.82, 2.24) is 4.90 Å². The molecule has 0 aromatic rings. The molecular weight excluding hydrogens is 212 g/mol. The van der Waals surface area contributed by atoms with Crippen molar-refractivity contribution in [2.75, 3.05) is 19.6 Å². The molecule has 2 aliphatic rings. The lowest BCUT2D eigenvalue weighted by molar-refractivity contribution is -0.0339. The van der Waals surface area contributed by atoms with Crippen LogP contribution < -0.4 is 5.73 Å². The molecule has 2 saturated heterocycles. The first-order valence-corrected chi connectivity index (χ1v) is 7.16. The molecule has 2 aliphatic heterocycles. The second-order valence-corrected chi connectivity index (χ2v) is 6.42. The first-order chi connectivity index (χ1) is 8.00. The summed E-state index contributed by atoms with van der Waals surface area (Å²) in [5.74, 6) is 0.679. The quantitative estimate of drug-likeness (QED) is 0.820. The van der Waals surface area contributed by atoms with Crippen molar-refractivity contribution in [1.29, 1.82) is 0 Å². The number of hydrogen-bond acceptors (Lipinski definition) is 3. The summed E-state index contributed by atoms with van der Waals surface area (Å²) in [5.41, 5.74) is 6.24. The minimum absolute atomic E-state index is 0.0982. The highest BCUT2D eigenvalue weighted by Gasteiger charge is 2.34. The lowest BCUT2D eigenvalue weighted by atomic mass is 9.90. The standard InChI is InChI=1S/C14H28N2O/c1-4-11-9-16(8-6-13(11)15)10-12-5-7-14(2,3)17-12/h11-13H,4-10,15H2,1-3H3. The molecule has 0 amide bonds. The van der Waals surface area contributed by atoms with E-state index in [0.29, 0.717) is 18.1 Å². The number of hydrogen-bond donors (Lipinski definition) is 1. The molecule has 0 saturated carbocycles. The summed E-state index contributed by atoms with van der Waals surface area (Å²) in [4.78, 5) is 2.56. The van der Waals surface area contributed by atoms with Gasteiger partial charge in [0, 0.05) is 19.1 Å². The van der Waals surface area contributed by atoms with Gasteiger partial charge in [-0.1, -0.05) is 13.3 Å². The van der Waals surface area contributed by atoms with E-state index in [2.05, 4.69) is 25.7 Å². The molecule has 0 aliphatic carbocycles. The molecule has 0 bridgehead atoms. The largest absolute Gasteiger partial charge is 0.371 e. The lowest BCUT2D eigenvalue weighted by Gasteiger charge is -2.37. The number of likely N-dealkylation sites (tertiary alicyclic amines) is 1. The van der Waals surface area contributed by atoms with Gasteiger partial charge in [-0.3, -0.25) is 0 Å². The molecule has 2 fully saturated rings. The zero-order chi connectivity index (χ0) is 12.5. The third kappa shape index (κ3) is 3.43. The maximum Gasteiger partial charge on any atom is 0.0710 e. The first kappa shape index (κ1) is 13.3. The van der Waals surface area contributed by atoms with Gasteiger partial charge in [-0.25, -0.2) is 0 Å². The van der Waals surface area contributed by atoms with Gasteiger partial charge in [-0.05, 0) is 45.6 Å². The Labute approximate surface area is 106 Å². The molecule has 3 unspecified atom stereocenters. The van der Waals surface area contributed by atoms with E-state index in [1.807, 2.05) is 0 Å². The van der Waals surface area contributed by atoms with Gasteiger partial charge >= 0.3 is 0 Å². The molecule has 2 N–H and O–H groups in total. The van der Waals surface area contributed by atoms with Gasteiger partial charge in [0.1, 0.15) is 0 Å². The van der Waals surface area contributed by atoms with Crippen molar-refractivity contribution >= 4 is 0 Å². The smallest absolute Gasteiger partial charge is 0.0710 e. The highest BCUT2D eigenvalue weighted by molar-refractivity contribution is 4.86. The highest BCUT2D eigenvalue weighted by atomic mass is 16.5. The predicted molar refractivity (Wildman–Crippen MR) is 71.0 cm³/mol. The van der Waals surface area contributed by atoms with E-state index < -0.39 is 0 Å². The Hall–Kier alpha value is -0.120. The van der Waals surface area contributed by atoms with E-state index in [9.17, 15) is 0 Å². The summed E-state index contributed by atoms with van der Waals surface area (Å²) in [7, 11) is 0. The van der Waals surface area contributed by atoms with E-state index in [0.717, 1.165) is 26.1 Å². The SMILES string of the molecule is CCC1CN(CC2CCC(C)(C)O2)CCC1N. The van der Waals surface area contributed by atoms with Crippen molar-refractivity contribution in [2.45, 2.75) is 64.2 Å². The summed E-state index contributed by atoms with van der Waals surface area (Å²) in [6, 6.07) is 0.414. The van der Waals surface area contributed by atoms with Crippen molar-refractivity contribution in [2.24, 2.45) is 11.7 Å². The topological polar surface area (TPSA) is 38.5 Å². The van der Waals surface area contributed by atoms with Crippen LogP contribution in [0, 0.1) is 5.92 Å². The summed E-state index contributed by atoms with van der Waals surface area (Å²) < 4.78 is 6.07. The van der Waals surface area contributed by atoms with Crippen LogP contribution in [0.4, 0.5) is 0 Å². The van der Waals surface area contributed by atoms with E-state index in [-0.39, 0.29) is 5.60 Å². The summed E-state index contributed by atoms with van der Waals surface area (Å²) in [6.45, 7) is 10.1. The van der Waals surface area contributed by atoms with E-state index in [1.54, 1.807) is 0 Å². The van der Waals surface area contributed by atoms with Gasteiger partial charge in [-0.2, -0.15) is 0 Å². The average molecular weight is 240 g/mol. The van der Waals surface area contributed by atoms with E-state index in [1.165, 1.54) is 19.3 Å². The van der Waals surface area contributed by atoms with Crippen molar-refractivity contribution < 1.29 is 4.74 Å². The Morgan fingerprint density at radius 2 is 2.12 bits per heavy atom. The Balaban J connectivity index is 1.80. The van der Waals surface area contributed by atoms with Crippen molar-refractivity contribution in [3.05, 3.63) is 0 Å². The predicted octanol–water partition coefficient (Wildman–Crippen LogP) is 2.00. The van der Waals surface area contributed by atoms with Crippen LogP contribution in [-0.2, 0) is 4.74 Å². The molecule has 3 heteroatoms. The van der Waals surface area contributed by atoms with Gasteiger partial charge < -0.3 is 15.4 Å². The normalized spacial score (nSPS) is 38.5. The maximum absolute atomic E-state index is 6.15. The monoisotopic (exact) mass is 240 g/mol. The van der Waals surface area contributed by atoms with Crippen LogP contribution in [0.25, 0.3) is 0 Å². The van der Waals surface area contributed by atoms with Crippen LogP contribution in [0.2, 0.25) is 0 Å². The van der Waals surface area contributed by atoms with E-state index in [4.69, 9.17) is 10.5 Å². The number of piperidine rings is 1. The molecule has 17 heavy (non-hydrogen) atoms. The molecule has 0 spiro atoms. The summed E-state index contributed by atoms with van der Waals surface area (Å²) in [5, 5.41) is 0. The Morgan fingerprint density at radius 1 is 1.35 bits per heavy atom. The van der Waals surface area contributed by atoms with Gasteiger partial charge in [-0.15, -0.1) is 0 Å². The Morgan fingerprint density at radius 3 is 2.71 bits per heavy atom. The average Bonchev–Trinajstić information content (AvgIpc) is 2.61. The van der Waals surface area contributed by atoms with Crippen molar-refractivity contribution in [3.8, 4) is 0 Å². The highest BCUT2D eigenvalue weighted by Crippen LogP contribution is 2.30. The van der Waals surface area contributed by atoms with Crippen LogP contribution >= 0.6 is 0 Å². The third-order valence-electron chi connectivity index (χ3n) is 4.42. The Kier molecular flexibility index (Phi) is 4.11. The fourth-order valence-corrected chi connectivity index (χ4v) is 3.22. The second-order valence-electron chi connectivity index (χ2n) is 6.42. The molecule has 0 radical (unpaired) electrons. The van der Waals surface area contributed by atoms with Crippen LogP contribution in [0.5, 0.6) is 0 Å². The number of rotatable bonds is 3. The number of ether oxygens (including phenoxy) is 1. The van der Waals surface area contributed by atoms with Gasteiger partial charge in [0.15, 0.2) is 0 Å². The zero-order valence-corrected chi connectivity index (χ0v) is 11.6. The Bertz CT molecular complexity index is 255. The van der Waals surface area contributed by atoms with Crippen molar-refractivity contribution in [3.63, 3.8) is 0 Å². The van der Waals surface area contributed by atoms with Crippen LogP contribution in [0.1, 0.15) is 46.5 Å². The second kappa shape index (κ2) is 5.25. The van der Waals surface area contributed by atoms with Crippen LogP contribution in [-0.4, -0.2) is 42.3 Å². The summed E-state index contributed by atoms with van der Waals surface area (Å²) in [6.07, 6.45) is 5.20. The van der Waals surface area contributed by atoms with Crippen LogP contribution in [0.3, 0.4) is 0 Å². The molecule has 3 nitrogen and oxygen atoms in total. The minimum Gasteiger partial charge on any atom is -0.371 e. The molecule has 0 aromatic heterocycles. The van der Waals surface area contributed by atoms with Crippen LogP contribution in [0.15, 0.2) is 0 Å². The minimum atomic E-state index is 0.0982. The molecule has 3 atom stereocenters. The fraction of sp³-hybridized carbons (Fsp3) is 1.00. The molecule has 0 aromatic carbocycles. The lowest BCUT2D eigenvalue weighted by Crippen LogP contribution is -2.48.